The molecule has 188 valence electrons. The number of aliphatic imine (C=N–C) groups is 1. The molecule has 0 bridgehead atoms. The molecule has 0 radical (unpaired) electrons. The van der Waals surface area contributed by atoms with Crippen LogP contribution in [0.5, 0.6) is 5.75 Å². The summed E-state index contributed by atoms with van der Waals surface area (Å²) in [6.07, 6.45) is 1.98. The molecule has 35 heavy (non-hydrogen) atoms. The number of nitrogens with zero attached hydrogens (tertiary/aromatic N) is 2. The summed E-state index contributed by atoms with van der Waals surface area (Å²) in [6.45, 7) is 0.607. The second-order valence-electron chi connectivity index (χ2n) is 8.35. The first-order chi connectivity index (χ1) is 16.8. The number of methoxy groups -OCH3 is 1. The summed E-state index contributed by atoms with van der Waals surface area (Å²) in [5.74, 6) is -0.494. The normalized spacial score (nSPS) is 15.9. The molecular formula is C24H33N7O4. The number of anilines is 1. The number of carbonyl (C=O) groups is 3. The van der Waals surface area contributed by atoms with E-state index in [4.69, 9.17) is 21.9 Å². The number of ether oxygens (including phenoxy) is 1. The van der Waals surface area contributed by atoms with Gasteiger partial charge < -0.3 is 37.5 Å². The number of carbonyl (C=O) groups excluding carboxylic acids is 3. The Hall–Kier alpha value is -3.86. The Morgan fingerprint density at radius 1 is 1.23 bits per heavy atom. The third-order valence-electron chi connectivity index (χ3n) is 5.94. The van der Waals surface area contributed by atoms with E-state index in [1.165, 1.54) is 4.90 Å². The molecule has 2 aromatic rings. The van der Waals surface area contributed by atoms with E-state index >= 15 is 0 Å². The molecule has 1 heterocycles. The number of fused-ring (bicyclic) bond motifs is 1. The number of rotatable bonds is 10. The van der Waals surface area contributed by atoms with E-state index in [2.05, 4.69) is 15.6 Å². The number of hydrogen-bond donors (Lipinski definition) is 5. The van der Waals surface area contributed by atoms with Gasteiger partial charge in [0.2, 0.25) is 17.7 Å². The highest BCUT2D eigenvalue weighted by atomic mass is 16.5. The SMILES string of the molecule is COc1cc(NC(=O)[C@H](CCCN=C(N)N)NC(=O)[C@@H]2CCCN2C(=O)CN)cc2ccccc12. The van der Waals surface area contributed by atoms with Crippen LogP contribution in [0.2, 0.25) is 0 Å². The molecule has 3 rings (SSSR count). The van der Waals surface area contributed by atoms with Gasteiger partial charge >= 0.3 is 0 Å². The summed E-state index contributed by atoms with van der Waals surface area (Å²) in [7, 11) is 1.57. The van der Waals surface area contributed by atoms with Gasteiger partial charge in [0.05, 0.1) is 13.7 Å². The van der Waals surface area contributed by atoms with Crippen molar-refractivity contribution in [1.29, 1.82) is 0 Å². The number of guanidine groups is 1. The van der Waals surface area contributed by atoms with Crippen molar-refractivity contribution in [2.24, 2.45) is 22.2 Å². The average molecular weight is 484 g/mol. The minimum Gasteiger partial charge on any atom is -0.496 e. The molecule has 3 amide bonds. The van der Waals surface area contributed by atoms with Gasteiger partial charge in [-0.1, -0.05) is 24.3 Å². The molecule has 8 N–H and O–H groups in total. The van der Waals surface area contributed by atoms with E-state index in [9.17, 15) is 14.4 Å². The largest absolute Gasteiger partial charge is 0.496 e. The average Bonchev–Trinajstić information content (AvgIpc) is 3.34. The van der Waals surface area contributed by atoms with Crippen molar-refractivity contribution in [3.05, 3.63) is 36.4 Å². The zero-order chi connectivity index (χ0) is 25.4. The molecule has 2 aromatic carbocycles. The predicted molar refractivity (Wildman–Crippen MR) is 135 cm³/mol. The predicted octanol–water partition coefficient (Wildman–Crippen LogP) is 0.275. The van der Waals surface area contributed by atoms with Crippen molar-refractivity contribution in [3.8, 4) is 5.75 Å². The fourth-order valence-electron chi connectivity index (χ4n) is 4.24. The Labute approximate surface area is 204 Å². The van der Waals surface area contributed by atoms with Gasteiger partial charge in [0.1, 0.15) is 17.8 Å². The van der Waals surface area contributed by atoms with E-state index in [0.717, 1.165) is 10.8 Å². The number of hydrogen-bond acceptors (Lipinski definition) is 6. The quantitative estimate of drug-likeness (QED) is 0.183. The van der Waals surface area contributed by atoms with Gasteiger partial charge in [-0.2, -0.15) is 0 Å². The first-order valence-electron chi connectivity index (χ1n) is 11.6. The minimum atomic E-state index is -0.857. The number of benzene rings is 2. The van der Waals surface area contributed by atoms with Crippen LogP contribution in [0.4, 0.5) is 5.69 Å². The molecule has 2 atom stereocenters. The molecule has 0 aliphatic carbocycles. The summed E-state index contributed by atoms with van der Waals surface area (Å²) in [5, 5.41) is 7.51. The van der Waals surface area contributed by atoms with Gasteiger partial charge in [0.25, 0.3) is 0 Å². The number of likely N-dealkylation sites (tertiary alicyclic amines) is 1. The van der Waals surface area contributed by atoms with Crippen LogP contribution in [0.15, 0.2) is 41.4 Å². The van der Waals surface area contributed by atoms with Gasteiger partial charge in [0, 0.05) is 30.2 Å². The lowest BCUT2D eigenvalue weighted by molar-refractivity contribution is -0.138. The Morgan fingerprint density at radius 2 is 2.00 bits per heavy atom. The van der Waals surface area contributed by atoms with Gasteiger partial charge in [0.15, 0.2) is 5.96 Å². The Kier molecular flexibility index (Phi) is 8.85. The summed E-state index contributed by atoms with van der Waals surface area (Å²) in [5.41, 5.74) is 16.8. The zero-order valence-corrected chi connectivity index (χ0v) is 19.8. The van der Waals surface area contributed by atoms with Crippen molar-refractivity contribution in [2.75, 3.05) is 32.1 Å². The first kappa shape index (κ1) is 25.8. The van der Waals surface area contributed by atoms with Gasteiger partial charge in [-0.15, -0.1) is 0 Å². The Bertz CT molecular complexity index is 1100. The smallest absolute Gasteiger partial charge is 0.246 e. The Balaban J connectivity index is 1.77. The van der Waals surface area contributed by atoms with E-state index < -0.39 is 18.0 Å². The van der Waals surface area contributed by atoms with E-state index in [-0.39, 0.29) is 24.3 Å². The van der Waals surface area contributed by atoms with Crippen molar-refractivity contribution in [3.63, 3.8) is 0 Å². The third-order valence-corrected chi connectivity index (χ3v) is 5.94. The second-order valence-corrected chi connectivity index (χ2v) is 8.35. The number of amides is 3. The zero-order valence-electron chi connectivity index (χ0n) is 19.8. The lowest BCUT2D eigenvalue weighted by Gasteiger charge is -2.26. The fourth-order valence-corrected chi connectivity index (χ4v) is 4.24. The maximum atomic E-state index is 13.2. The molecular weight excluding hydrogens is 450 g/mol. The van der Waals surface area contributed by atoms with E-state index in [1.807, 2.05) is 30.3 Å². The Morgan fingerprint density at radius 3 is 2.71 bits per heavy atom. The van der Waals surface area contributed by atoms with Crippen LogP contribution in [0.1, 0.15) is 25.7 Å². The van der Waals surface area contributed by atoms with Crippen LogP contribution < -0.4 is 32.6 Å². The summed E-state index contributed by atoms with van der Waals surface area (Å²) in [4.78, 5) is 43.8. The van der Waals surface area contributed by atoms with Crippen LogP contribution in [0.25, 0.3) is 10.8 Å². The van der Waals surface area contributed by atoms with E-state index in [1.54, 1.807) is 13.2 Å². The summed E-state index contributed by atoms with van der Waals surface area (Å²) >= 11 is 0. The maximum absolute atomic E-state index is 13.2. The highest BCUT2D eigenvalue weighted by Gasteiger charge is 2.35. The lowest BCUT2D eigenvalue weighted by Crippen LogP contribution is -2.52. The number of nitrogens with one attached hydrogen (secondary N) is 2. The highest BCUT2D eigenvalue weighted by Crippen LogP contribution is 2.30. The number of nitrogens with two attached hydrogens (primary N) is 3. The van der Waals surface area contributed by atoms with Crippen molar-refractivity contribution < 1.29 is 19.1 Å². The second kappa shape index (κ2) is 12.0. The molecule has 11 heteroatoms. The molecule has 0 aromatic heterocycles. The maximum Gasteiger partial charge on any atom is 0.246 e. The topological polar surface area (TPSA) is 178 Å². The van der Waals surface area contributed by atoms with Crippen LogP contribution in [0.3, 0.4) is 0 Å². The molecule has 0 spiro atoms. The van der Waals surface area contributed by atoms with Crippen LogP contribution in [-0.4, -0.2) is 67.4 Å². The van der Waals surface area contributed by atoms with Crippen LogP contribution >= 0.6 is 0 Å². The minimum absolute atomic E-state index is 0.0415. The van der Waals surface area contributed by atoms with Crippen molar-refractivity contribution >= 4 is 40.1 Å². The molecule has 0 saturated carbocycles. The molecule has 1 saturated heterocycles. The summed E-state index contributed by atoms with van der Waals surface area (Å²) in [6, 6.07) is 9.73. The molecule has 0 unspecified atom stereocenters. The molecule has 1 aliphatic heterocycles. The third kappa shape index (κ3) is 6.60. The summed E-state index contributed by atoms with van der Waals surface area (Å²) < 4.78 is 5.48. The van der Waals surface area contributed by atoms with Gasteiger partial charge in [-0.25, -0.2) is 0 Å². The van der Waals surface area contributed by atoms with Gasteiger partial charge in [-0.05, 0) is 37.1 Å². The monoisotopic (exact) mass is 483 g/mol. The molecule has 1 fully saturated rings. The van der Waals surface area contributed by atoms with Crippen molar-refractivity contribution in [2.45, 2.75) is 37.8 Å². The standard InChI is InChI=1S/C24H33N7O4/c1-35-20-13-16(12-15-6-2-3-7-17(15)20)29-22(33)18(8-4-10-28-24(26)27)30-23(34)19-9-5-11-31(19)21(32)14-25/h2-3,6-7,12-13,18-19H,4-5,8-11,14,25H2,1H3,(H,29,33)(H,30,34)(H4,26,27,28)/t18-,19-/m0/s1. The molecule has 1 aliphatic rings. The fraction of sp³-hybridized carbons (Fsp3) is 0.417. The van der Waals surface area contributed by atoms with Crippen molar-refractivity contribution in [1.82, 2.24) is 10.2 Å². The van der Waals surface area contributed by atoms with E-state index in [0.29, 0.717) is 50.2 Å². The first-order valence-corrected chi connectivity index (χ1v) is 11.6. The molecule has 11 nitrogen and oxygen atoms in total. The van der Waals surface area contributed by atoms with Crippen LogP contribution in [0, 0.1) is 0 Å². The highest BCUT2D eigenvalue weighted by molar-refractivity contribution is 6.01. The lowest BCUT2D eigenvalue weighted by atomic mass is 10.1. The van der Waals surface area contributed by atoms with Crippen LogP contribution in [-0.2, 0) is 14.4 Å². The van der Waals surface area contributed by atoms with Gasteiger partial charge in [-0.3, -0.25) is 19.4 Å².